The molecular formula is C17H27N3O4S. The SMILES string of the molecule is CN(C)c1ccc([C@@H]2[C@H](S(=O)(=O)NC[C@@H]3CCCO3)CON2C)cc1. The van der Waals surface area contributed by atoms with Gasteiger partial charge in [0, 0.05) is 40.0 Å². The maximum Gasteiger partial charge on any atom is 0.218 e. The molecule has 0 radical (unpaired) electrons. The van der Waals surface area contributed by atoms with E-state index in [1.54, 1.807) is 12.1 Å². The van der Waals surface area contributed by atoms with E-state index in [2.05, 4.69) is 4.72 Å². The van der Waals surface area contributed by atoms with Crippen molar-refractivity contribution in [1.82, 2.24) is 9.79 Å². The summed E-state index contributed by atoms with van der Waals surface area (Å²) < 4.78 is 33.9. The molecule has 0 spiro atoms. The second kappa shape index (κ2) is 7.59. The van der Waals surface area contributed by atoms with Crippen LogP contribution in [0, 0.1) is 0 Å². The van der Waals surface area contributed by atoms with Crippen molar-refractivity contribution in [1.29, 1.82) is 0 Å². The first-order valence-electron chi connectivity index (χ1n) is 8.61. The van der Waals surface area contributed by atoms with Crippen LogP contribution in [0.15, 0.2) is 24.3 Å². The van der Waals surface area contributed by atoms with Crippen molar-refractivity contribution in [2.24, 2.45) is 0 Å². The average Bonchev–Trinajstić information content (AvgIpc) is 3.23. The van der Waals surface area contributed by atoms with Crippen LogP contribution in [0.2, 0.25) is 0 Å². The second-order valence-electron chi connectivity index (χ2n) is 6.84. The number of rotatable bonds is 6. The number of nitrogens with zero attached hydrogens (tertiary/aromatic N) is 2. The van der Waals surface area contributed by atoms with Crippen LogP contribution < -0.4 is 9.62 Å². The highest BCUT2D eigenvalue weighted by atomic mass is 32.2. The van der Waals surface area contributed by atoms with Crippen molar-refractivity contribution in [2.75, 3.05) is 45.8 Å². The normalized spacial score (nSPS) is 27.7. The molecule has 0 aliphatic carbocycles. The summed E-state index contributed by atoms with van der Waals surface area (Å²) >= 11 is 0. The van der Waals surface area contributed by atoms with E-state index < -0.39 is 15.3 Å². The predicted octanol–water partition coefficient (Wildman–Crippen LogP) is 1.14. The van der Waals surface area contributed by atoms with Crippen LogP contribution in [0.5, 0.6) is 0 Å². The molecule has 2 fully saturated rings. The lowest BCUT2D eigenvalue weighted by Crippen LogP contribution is -2.42. The highest BCUT2D eigenvalue weighted by molar-refractivity contribution is 7.90. The quantitative estimate of drug-likeness (QED) is 0.811. The molecule has 0 aromatic heterocycles. The molecule has 7 nitrogen and oxygen atoms in total. The number of hydrogen-bond donors (Lipinski definition) is 1. The number of anilines is 1. The zero-order valence-electron chi connectivity index (χ0n) is 15.0. The third-order valence-electron chi connectivity index (χ3n) is 4.87. The molecule has 0 unspecified atom stereocenters. The van der Waals surface area contributed by atoms with Gasteiger partial charge in [0.2, 0.25) is 10.0 Å². The first kappa shape index (κ1) is 18.6. The summed E-state index contributed by atoms with van der Waals surface area (Å²) in [5.41, 5.74) is 2.00. The van der Waals surface area contributed by atoms with Crippen molar-refractivity contribution in [3.8, 4) is 0 Å². The first-order valence-corrected chi connectivity index (χ1v) is 10.2. The summed E-state index contributed by atoms with van der Waals surface area (Å²) in [5.74, 6) is 0. The number of nitrogens with one attached hydrogen (secondary N) is 1. The molecule has 1 aromatic rings. The Hall–Kier alpha value is -1.19. The van der Waals surface area contributed by atoms with Crippen molar-refractivity contribution in [3.63, 3.8) is 0 Å². The van der Waals surface area contributed by atoms with Crippen LogP contribution in [0.1, 0.15) is 24.4 Å². The van der Waals surface area contributed by atoms with Gasteiger partial charge < -0.3 is 9.64 Å². The van der Waals surface area contributed by atoms with E-state index >= 15 is 0 Å². The summed E-state index contributed by atoms with van der Waals surface area (Å²) in [5, 5.41) is 0.991. The Morgan fingerprint density at radius 2 is 2.00 bits per heavy atom. The van der Waals surface area contributed by atoms with Crippen molar-refractivity contribution < 1.29 is 18.0 Å². The minimum Gasteiger partial charge on any atom is -0.378 e. The molecule has 2 aliphatic heterocycles. The summed E-state index contributed by atoms with van der Waals surface area (Å²) in [6.07, 6.45) is 1.87. The van der Waals surface area contributed by atoms with Crippen LogP contribution in [-0.4, -0.2) is 65.7 Å². The predicted molar refractivity (Wildman–Crippen MR) is 96.9 cm³/mol. The highest BCUT2D eigenvalue weighted by Crippen LogP contribution is 2.34. The van der Waals surface area contributed by atoms with E-state index in [1.807, 2.05) is 43.3 Å². The largest absolute Gasteiger partial charge is 0.378 e. The zero-order chi connectivity index (χ0) is 18.0. The molecule has 8 heteroatoms. The van der Waals surface area contributed by atoms with Crippen molar-refractivity contribution in [2.45, 2.75) is 30.2 Å². The second-order valence-corrected chi connectivity index (χ2v) is 8.82. The minimum absolute atomic E-state index is 0.0207. The average molecular weight is 369 g/mol. The lowest BCUT2D eigenvalue weighted by atomic mass is 10.0. The molecule has 2 saturated heterocycles. The fourth-order valence-corrected chi connectivity index (χ4v) is 4.91. The van der Waals surface area contributed by atoms with E-state index in [4.69, 9.17) is 9.57 Å². The molecule has 2 aliphatic rings. The van der Waals surface area contributed by atoms with Gasteiger partial charge in [-0.15, -0.1) is 0 Å². The van der Waals surface area contributed by atoms with Gasteiger partial charge in [0.25, 0.3) is 0 Å². The topological polar surface area (TPSA) is 71.1 Å². The lowest BCUT2D eigenvalue weighted by molar-refractivity contribution is -0.110. The van der Waals surface area contributed by atoms with Gasteiger partial charge in [-0.3, -0.25) is 4.84 Å². The minimum atomic E-state index is -3.51. The van der Waals surface area contributed by atoms with Crippen LogP contribution in [0.3, 0.4) is 0 Å². The Morgan fingerprint density at radius 1 is 1.28 bits per heavy atom. The molecule has 1 N–H and O–H groups in total. The molecule has 3 rings (SSSR count). The fraction of sp³-hybridized carbons (Fsp3) is 0.647. The molecule has 3 atom stereocenters. The number of hydrogen-bond acceptors (Lipinski definition) is 6. The van der Waals surface area contributed by atoms with E-state index in [0.717, 1.165) is 24.1 Å². The molecule has 2 heterocycles. The Balaban J connectivity index is 1.74. The van der Waals surface area contributed by atoms with Crippen LogP contribution in [0.4, 0.5) is 5.69 Å². The van der Waals surface area contributed by atoms with Gasteiger partial charge in [-0.05, 0) is 30.5 Å². The Bertz CT molecular complexity index is 672. The van der Waals surface area contributed by atoms with E-state index in [9.17, 15) is 8.42 Å². The molecular weight excluding hydrogens is 342 g/mol. The number of ether oxygens (including phenoxy) is 1. The standard InChI is InChI=1S/C17H27N3O4S/c1-19(2)14-8-6-13(7-9-14)17-16(12-24-20(17)3)25(21,22)18-11-15-5-4-10-23-15/h6-9,15-18H,4-5,10-12H2,1-3H3/t15-,16+,17+/m0/s1. The molecule has 25 heavy (non-hydrogen) atoms. The fourth-order valence-electron chi connectivity index (χ4n) is 3.37. The third-order valence-corrected chi connectivity index (χ3v) is 6.63. The lowest BCUT2D eigenvalue weighted by Gasteiger charge is -2.24. The number of benzene rings is 1. The van der Waals surface area contributed by atoms with Crippen LogP contribution in [0.25, 0.3) is 0 Å². The maximum absolute atomic E-state index is 12.8. The number of hydroxylamine groups is 2. The number of sulfonamides is 1. The Kier molecular flexibility index (Phi) is 5.65. The highest BCUT2D eigenvalue weighted by Gasteiger charge is 2.43. The van der Waals surface area contributed by atoms with Gasteiger partial charge in [-0.1, -0.05) is 12.1 Å². The van der Waals surface area contributed by atoms with Gasteiger partial charge in [-0.2, -0.15) is 5.06 Å². The smallest absolute Gasteiger partial charge is 0.218 e. The van der Waals surface area contributed by atoms with Gasteiger partial charge in [0.1, 0.15) is 5.25 Å². The maximum atomic E-state index is 12.8. The van der Waals surface area contributed by atoms with E-state index in [1.165, 1.54) is 0 Å². The molecule has 0 amide bonds. The third kappa shape index (κ3) is 4.15. The molecule has 0 saturated carbocycles. The zero-order valence-corrected chi connectivity index (χ0v) is 15.8. The van der Waals surface area contributed by atoms with Crippen LogP contribution >= 0.6 is 0 Å². The van der Waals surface area contributed by atoms with Gasteiger partial charge >= 0.3 is 0 Å². The van der Waals surface area contributed by atoms with Crippen molar-refractivity contribution >= 4 is 15.7 Å². The summed E-state index contributed by atoms with van der Waals surface area (Å²) in [6, 6.07) is 7.58. The van der Waals surface area contributed by atoms with E-state index in [-0.39, 0.29) is 18.8 Å². The van der Waals surface area contributed by atoms with Gasteiger partial charge in [0.15, 0.2) is 0 Å². The van der Waals surface area contributed by atoms with Gasteiger partial charge in [-0.25, -0.2) is 13.1 Å². The van der Waals surface area contributed by atoms with Crippen molar-refractivity contribution in [3.05, 3.63) is 29.8 Å². The molecule has 0 bridgehead atoms. The van der Waals surface area contributed by atoms with E-state index in [0.29, 0.717) is 13.2 Å². The Labute approximate surface area is 149 Å². The van der Waals surface area contributed by atoms with Crippen LogP contribution in [-0.2, 0) is 19.6 Å². The summed E-state index contributed by atoms with van der Waals surface area (Å²) in [4.78, 5) is 7.55. The Morgan fingerprint density at radius 3 is 2.60 bits per heavy atom. The first-order chi connectivity index (χ1) is 11.9. The molecule has 1 aromatic carbocycles. The molecule has 140 valence electrons. The van der Waals surface area contributed by atoms with Gasteiger partial charge in [0.05, 0.1) is 18.8 Å². The summed E-state index contributed by atoms with van der Waals surface area (Å²) in [7, 11) is 2.22. The summed E-state index contributed by atoms with van der Waals surface area (Å²) in [6.45, 7) is 1.19. The monoisotopic (exact) mass is 369 g/mol.